The number of phenols is 2. The van der Waals surface area contributed by atoms with Crippen molar-refractivity contribution in [2.75, 3.05) is 31.2 Å². The summed E-state index contributed by atoms with van der Waals surface area (Å²) < 4.78 is 12.3. The average molecular weight is 552 g/mol. The molecule has 2 saturated heterocycles. The molecule has 2 aliphatic heterocycles. The van der Waals surface area contributed by atoms with Gasteiger partial charge in [-0.05, 0) is 56.1 Å². The second kappa shape index (κ2) is 8.09. The van der Waals surface area contributed by atoms with Crippen LogP contribution in [0.5, 0.6) is 11.5 Å². The lowest BCUT2D eigenvalue weighted by molar-refractivity contribution is -0.169. The molecule has 31 heavy (non-hydrogen) atoms. The molecular formula is C21H20Br2N4O4. The van der Waals surface area contributed by atoms with Gasteiger partial charge in [0.05, 0.1) is 34.4 Å². The molecule has 1 aromatic heterocycles. The lowest BCUT2D eigenvalue weighted by Gasteiger charge is -2.37. The van der Waals surface area contributed by atoms with Crippen LogP contribution >= 0.6 is 31.9 Å². The van der Waals surface area contributed by atoms with Gasteiger partial charge in [0.1, 0.15) is 16.0 Å². The molecular weight excluding hydrogens is 532 g/mol. The van der Waals surface area contributed by atoms with E-state index >= 15 is 0 Å². The number of aliphatic imine (C=N–C) groups is 1. The number of anilines is 1. The summed E-state index contributed by atoms with van der Waals surface area (Å²) in [5.41, 5.74) is 2.92. The summed E-state index contributed by atoms with van der Waals surface area (Å²) in [4.78, 5) is 14.8. The van der Waals surface area contributed by atoms with E-state index in [-0.39, 0.29) is 16.0 Å². The number of fused-ring (bicyclic) bond motifs is 1. The SMILES string of the molecule is Oc1c(Br)cc(/C=N/c2ccc3[nH]c(N4CCC5(CC4)OCCO5)nc3c2)c(O)c1Br. The summed E-state index contributed by atoms with van der Waals surface area (Å²) in [6, 6.07) is 7.32. The highest BCUT2D eigenvalue weighted by Crippen LogP contribution is 2.41. The van der Waals surface area contributed by atoms with E-state index in [0.29, 0.717) is 28.9 Å². The van der Waals surface area contributed by atoms with Crippen LogP contribution in [0, 0.1) is 0 Å². The molecule has 0 aliphatic carbocycles. The molecule has 1 spiro atoms. The van der Waals surface area contributed by atoms with Gasteiger partial charge in [0.15, 0.2) is 5.79 Å². The molecule has 5 rings (SSSR count). The van der Waals surface area contributed by atoms with Crippen molar-refractivity contribution in [3.8, 4) is 11.5 Å². The number of nitrogens with zero attached hydrogens (tertiary/aromatic N) is 3. The lowest BCUT2D eigenvalue weighted by atomic mass is 10.0. The Bertz CT molecular complexity index is 1160. The van der Waals surface area contributed by atoms with E-state index in [4.69, 9.17) is 14.5 Å². The number of phenolic OH excluding ortho intramolecular Hbond substituents is 2. The van der Waals surface area contributed by atoms with Gasteiger partial charge in [0.25, 0.3) is 0 Å². The number of ether oxygens (including phenoxy) is 2. The summed E-state index contributed by atoms with van der Waals surface area (Å²) in [7, 11) is 0. The van der Waals surface area contributed by atoms with Crippen molar-refractivity contribution >= 4 is 60.7 Å². The molecule has 3 aromatic rings. The molecule has 8 nitrogen and oxygen atoms in total. The Kier molecular flexibility index (Phi) is 5.41. The molecule has 0 saturated carbocycles. The third-order valence-electron chi connectivity index (χ3n) is 5.64. The van der Waals surface area contributed by atoms with E-state index in [1.807, 2.05) is 18.2 Å². The molecule has 2 fully saturated rings. The van der Waals surface area contributed by atoms with Crippen molar-refractivity contribution in [1.82, 2.24) is 9.97 Å². The molecule has 2 aliphatic rings. The number of halogens is 2. The predicted molar refractivity (Wildman–Crippen MR) is 125 cm³/mol. The maximum Gasteiger partial charge on any atom is 0.203 e. The summed E-state index contributed by atoms with van der Waals surface area (Å²) >= 11 is 6.44. The molecule has 0 bridgehead atoms. The third kappa shape index (κ3) is 3.93. The largest absolute Gasteiger partial charge is 0.506 e. The second-order valence-electron chi connectivity index (χ2n) is 7.57. The van der Waals surface area contributed by atoms with Crippen LogP contribution in [0.2, 0.25) is 0 Å². The number of H-pyrrole nitrogens is 1. The van der Waals surface area contributed by atoms with Crippen molar-refractivity contribution in [2.24, 2.45) is 4.99 Å². The number of hydrogen-bond acceptors (Lipinski definition) is 7. The average Bonchev–Trinajstić information content (AvgIpc) is 3.41. The standard InChI is InChI=1S/C21H20Br2N4O4/c22-14-9-12(18(28)17(23)19(14)29)11-24-13-1-2-15-16(10-13)26-20(25-15)27-5-3-21(4-6-27)30-7-8-31-21/h1-2,9-11,28-29H,3-8H2,(H,25,26)/b24-11+. The van der Waals surface area contributed by atoms with E-state index in [9.17, 15) is 10.2 Å². The highest BCUT2D eigenvalue weighted by Gasteiger charge is 2.40. The summed E-state index contributed by atoms with van der Waals surface area (Å²) in [5, 5.41) is 20.1. The van der Waals surface area contributed by atoms with Gasteiger partial charge in [-0.3, -0.25) is 4.99 Å². The quantitative estimate of drug-likeness (QED) is 0.411. The zero-order valence-corrected chi connectivity index (χ0v) is 19.6. The van der Waals surface area contributed by atoms with Crippen LogP contribution in [0.25, 0.3) is 11.0 Å². The molecule has 10 heteroatoms. The van der Waals surface area contributed by atoms with Crippen LogP contribution in [0.4, 0.5) is 11.6 Å². The number of hydrogen-bond donors (Lipinski definition) is 3. The zero-order chi connectivity index (χ0) is 21.6. The van der Waals surface area contributed by atoms with Crippen molar-refractivity contribution < 1.29 is 19.7 Å². The number of imidazole rings is 1. The molecule has 0 unspecified atom stereocenters. The van der Waals surface area contributed by atoms with Gasteiger partial charge in [0, 0.05) is 37.7 Å². The third-order valence-corrected chi connectivity index (χ3v) is 7.00. The Morgan fingerprint density at radius 1 is 1.10 bits per heavy atom. The minimum atomic E-state index is -0.409. The number of nitrogens with one attached hydrogen (secondary N) is 1. The van der Waals surface area contributed by atoms with Gasteiger partial charge >= 0.3 is 0 Å². The minimum Gasteiger partial charge on any atom is -0.506 e. The molecule has 0 radical (unpaired) electrons. The van der Waals surface area contributed by atoms with Crippen LogP contribution in [0.15, 0.2) is 38.2 Å². The fourth-order valence-corrected chi connectivity index (χ4v) is 5.07. The lowest BCUT2D eigenvalue weighted by Crippen LogP contribution is -2.45. The number of aromatic amines is 1. The maximum absolute atomic E-state index is 10.2. The first-order valence-electron chi connectivity index (χ1n) is 9.91. The van der Waals surface area contributed by atoms with Gasteiger partial charge < -0.3 is 29.6 Å². The van der Waals surface area contributed by atoms with Crippen molar-refractivity contribution in [3.63, 3.8) is 0 Å². The highest BCUT2D eigenvalue weighted by molar-refractivity contribution is 9.11. The molecule has 162 valence electrons. The van der Waals surface area contributed by atoms with Gasteiger partial charge in [0.2, 0.25) is 5.95 Å². The molecule has 0 atom stereocenters. The minimum absolute atomic E-state index is 0.0604. The van der Waals surface area contributed by atoms with E-state index in [1.165, 1.54) is 0 Å². The van der Waals surface area contributed by atoms with Crippen molar-refractivity contribution in [2.45, 2.75) is 18.6 Å². The Morgan fingerprint density at radius 3 is 2.58 bits per heavy atom. The Morgan fingerprint density at radius 2 is 1.84 bits per heavy atom. The van der Waals surface area contributed by atoms with Crippen LogP contribution in [-0.2, 0) is 9.47 Å². The number of rotatable bonds is 3. The summed E-state index contributed by atoms with van der Waals surface area (Å²) in [6.45, 7) is 2.97. The number of aromatic hydroxyl groups is 2. The number of piperidine rings is 1. The fraction of sp³-hybridized carbons (Fsp3) is 0.333. The van der Waals surface area contributed by atoms with Crippen LogP contribution < -0.4 is 4.90 Å². The van der Waals surface area contributed by atoms with Crippen LogP contribution in [0.1, 0.15) is 18.4 Å². The van der Waals surface area contributed by atoms with E-state index in [0.717, 1.165) is 42.9 Å². The summed E-state index contributed by atoms with van der Waals surface area (Å²) in [6.07, 6.45) is 3.19. The fourth-order valence-electron chi connectivity index (χ4n) is 3.92. The molecule has 2 aromatic carbocycles. The van der Waals surface area contributed by atoms with E-state index < -0.39 is 5.79 Å². The summed E-state index contributed by atoms with van der Waals surface area (Å²) in [5.74, 6) is 0.280. The Hall–Kier alpha value is -2.14. The maximum atomic E-state index is 10.2. The first kappa shape index (κ1) is 20.7. The monoisotopic (exact) mass is 550 g/mol. The van der Waals surface area contributed by atoms with Gasteiger partial charge in [-0.15, -0.1) is 0 Å². The molecule has 0 amide bonds. The first-order chi connectivity index (χ1) is 14.9. The Labute approximate surface area is 195 Å². The van der Waals surface area contributed by atoms with E-state index in [2.05, 4.69) is 46.7 Å². The van der Waals surface area contributed by atoms with E-state index in [1.54, 1.807) is 12.3 Å². The second-order valence-corrected chi connectivity index (χ2v) is 9.22. The topological polar surface area (TPSA) is 103 Å². The van der Waals surface area contributed by atoms with Gasteiger partial charge in [-0.25, -0.2) is 4.98 Å². The Balaban J connectivity index is 1.35. The van der Waals surface area contributed by atoms with Gasteiger partial charge in [-0.2, -0.15) is 0 Å². The predicted octanol–water partition coefficient (Wildman–Crippen LogP) is 4.59. The van der Waals surface area contributed by atoms with Crippen LogP contribution in [-0.4, -0.2) is 58.5 Å². The normalized spacial score (nSPS) is 18.6. The van der Waals surface area contributed by atoms with Crippen LogP contribution in [0.3, 0.4) is 0 Å². The smallest absolute Gasteiger partial charge is 0.203 e. The van der Waals surface area contributed by atoms with Gasteiger partial charge in [-0.1, -0.05) is 0 Å². The molecule has 3 heterocycles. The molecule has 3 N–H and O–H groups in total. The van der Waals surface area contributed by atoms with Crippen molar-refractivity contribution in [1.29, 1.82) is 0 Å². The highest BCUT2D eigenvalue weighted by atomic mass is 79.9. The van der Waals surface area contributed by atoms with Crippen molar-refractivity contribution in [3.05, 3.63) is 38.8 Å². The number of benzene rings is 2. The first-order valence-corrected chi connectivity index (χ1v) is 11.5. The zero-order valence-electron chi connectivity index (χ0n) is 16.4. The number of aromatic nitrogens is 2.